The topological polar surface area (TPSA) is 55.8 Å². The molecule has 0 N–H and O–H groups in total. The summed E-state index contributed by atoms with van der Waals surface area (Å²) in [5, 5.41) is 0. The molecule has 2 aromatic carbocycles. The molecule has 0 spiro atoms. The maximum Gasteiger partial charge on any atom is 0.305 e. The van der Waals surface area contributed by atoms with E-state index in [4.69, 9.17) is 17.0 Å². The van der Waals surface area contributed by atoms with Crippen LogP contribution in [0, 0.1) is 6.92 Å². The van der Waals surface area contributed by atoms with Gasteiger partial charge in [0.25, 0.3) is 5.91 Å². The summed E-state index contributed by atoms with van der Waals surface area (Å²) in [7, 11) is 1.39. The quantitative estimate of drug-likeness (QED) is 0.198. The summed E-state index contributed by atoms with van der Waals surface area (Å²) in [5.41, 5.74) is 3.26. The second-order valence-corrected chi connectivity index (χ2v) is 9.24. The molecule has 3 rings (SSSR count). The van der Waals surface area contributed by atoms with E-state index in [0.717, 1.165) is 36.1 Å². The first kappa shape index (κ1) is 24.0. The van der Waals surface area contributed by atoms with Crippen LogP contribution >= 0.6 is 24.0 Å². The standard InChI is InChI=1S/C25H27NO4S2/c1-18-7-6-8-20(15-18)17-30-21-12-10-19(11-13-21)16-22-24(28)26(25(31)32-22)14-5-3-4-9-23(27)29-2/h6-8,10-13,15-16H,3-5,9,14,17H2,1-2H3/b22-16+. The number of nitrogens with zero attached hydrogens (tertiary/aromatic N) is 1. The Morgan fingerprint density at radius 1 is 1.12 bits per heavy atom. The van der Waals surface area contributed by atoms with Crippen LogP contribution in [0.5, 0.6) is 5.75 Å². The zero-order valence-corrected chi connectivity index (χ0v) is 20.0. The van der Waals surface area contributed by atoms with Crippen LogP contribution in [0.25, 0.3) is 6.08 Å². The van der Waals surface area contributed by atoms with Crippen molar-refractivity contribution in [3.63, 3.8) is 0 Å². The van der Waals surface area contributed by atoms with Gasteiger partial charge >= 0.3 is 5.97 Å². The molecule has 0 atom stereocenters. The van der Waals surface area contributed by atoms with Crippen LogP contribution in [0.2, 0.25) is 0 Å². The Labute approximate surface area is 198 Å². The van der Waals surface area contributed by atoms with E-state index in [9.17, 15) is 9.59 Å². The largest absolute Gasteiger partial charge is 0.489 e. The van der Waals surface area contributed by atoms with Gasteiger partial charge in [-0.25, -0.2) is 0 Å². The van der Waals surface area contributed by atoms with Gasteiger partial charge in [0.2, 0.25) is 0 Å². The molecule has 168 valence electrons. The third-order valence-corrected chi connectivity index (χ3v) is 6.41. The normalized spacial score (nSPS) is 14.8. The minimum Gasteiger partial charge on any atom is -0.489 e. The zero-order valence-electron chi connectivity index (χ0n) is 18.3. The highest BCUT2D eigenvalue weighted by molar-refractivity contribution is 8.26. The van der Waals surface area contributed by atoms with E-state index >= 15 is 0 Å². The summed E-state index contributed by atoms with van der Waals surface area (Å²) in [6, 6.07) is 15.9. The highest BCUT2D eigenvalue weighted by Crippen LogP contribution is 2.33. The van der Waals surface area contributed by atoms with Crippen molar-refractivity contribution < 1.29 is 19.1 Å². The summed E-state index contributed by atoms with van der Waals surface area (Å²) < 4.78 is 11.1. The fourth-order valence-electron chi connectivity index (χ4n) is 3.29. The van der Waals surface area contributed by atoms with Gasteiger partial charge in [0.15, 0.2) is 0 Å². The Bertz CT molecular complexity index is 1000. The smallest absolute Gasteiger partial charge is 0.305 e. The van der Waals surface area contributed by atoms with E-state index in [1.165, 1.54) is 24.4 Å². The molecule has 0 radical (unpaired) electrons. The molecule has 32 heavy (non-hydrogen) atoms. The molecule has 5 nitrogen and oxygen atoms in total. The van der Waals surface area contributed by atoms with Crippen molar-refractivity contribution >= 4 is 46.3 Å². The molecule has 2 aromatic rings. The lowest BCUT2D eigenvalue weighted by Crippen LogP contribution is -2.29. The van der Waals surface area contributed by atoms with E-state index in [1.807, 2.05) is 42.5 Å². The maximum absolute atomic E-state index is 12.7. The van der Waals surface area contributed by atoms with Crippen molar-refractivity contribution in [2.45, 2.75) is 39.2 Å². The number of rotatable bonds is 10. The summed E-state index contributed by atoms with van der Waals surface area (Å²) >= 11 is 6.72. The van der Waals surface area contributed by atoms with Crippen LogP contribution in [0.3, 0.4) is 0 Å². The van der Waals surface area contributed by atoms with Crippen LogP contribution in [0.4, 0.5) is 0 Å². The van der Waals surface area contributed by atoms with Crippen molar-refractivity contribution in [3.8, 4) is 5.75 Å². The number of unbranched alkanes of at least 4 members (excludes halogenated alkanes) is 2. The van der Waals surface area contributed by atoms with Gasteiger partial charge in [-0.15, -0.1) is 0 Å². The molecule has 1 amide bonds. The molecule has 0 unspecified atom stereocenters. The van der Waals surface area contributed by atoms with Crippen LogP contribution in [0.15, 0.2) is 53.4 Å². The molecule has 1 saturated heterocycles. The van der Waals surface area contributed by atoms with Crippen LogP contribution < -0.4 is 4.74 Å². The SMILES string of the molecule is COC(=O)CCCCCN1C(=O)/C(=C\c2ccc(OCc3cccc(C)c3)cc2)SC1=S. The van der Waals surface area contributed by atoms with Crippen molar-refractivity contribution in [1.29, 1.82) is 0 Å². The molecular formula is C25H27NO4S2. The molecule has 0 bridgehead atoms. The molecule has 1 fully saturated rings. The molecule has 0 aliphatic carbocycles. The molecule has 1 heterocycles. The molecule has 7 heteroatoms. The second-order valence-electron chi connectivity index (χ2n) is 7.57. The Kier molecular flexibility index (Phi) is 8.88. The van der Waals surface area contributed by atoms with E-state index < -0.39 is 0 Å². The number of benzene rings is 2. The van der Waals surface area contributed by atoms with E-state index in [0.29, 0.717) is 28.8 Å². The third kappa shape index (κ3) is 6.93. The summed E-state index contributed by atoms with van der Waals surface area (Å²) in [4.78, 5) is 26.2. The zero-order chi connectivity index (χ0) is 22.9. The van der Waals surface area contributed by atoms with E-state index in [1.54, 1.807) is 4.90 Å². The molecular weight excluding hydrogens is 442 g/mol. The van der Waals surface area contributed by atoms with Gasteiger partial charge in [0.1, 0.15) is 16.7 Å². The van der Waals surface area contributed by atoms with Crippen LogP contribution in [-0.4, -0.2) is 34.8 Å². The lowest BCUT2D eigenvalue weighted by Gasteiger charge is -2.13. The summed E-state index contributed by atoms with van der Waals surface area (Å²) in [6.07, 6.45) is 4.65. The van der Waals surface area contributed by atoms with Crippen LogP contribution in [-0.2, 0) is 20.9 Å². The minimum absolute atomic E-state index is 0.0623. The lowest BCUT2D eigenvalue weighted by atomic mass is 10.1. The number of hydrogen-bond acceptors (Lipinski definition) is 6. The van der Waals surface area contributed by atoms with E-state index in [-0.39, 0.29) is 11.9 Å². The highest BCUT2D eigenvalue weighted by atomic mass is 32.2. The molecule has 0 aromatic heterocycles. The minimum atomic E-state index is -0.204. The number of aryl methyl sites for hydroxylation is 1. The first-order valence-electron chi connectivity index (χ1n) is 10.6. The van der Waals surface area contributed by atoms with E-state index in [2.05, 4.69) is 23.8 Å². The number of thiocarbonyl (C=S) groups is 1. The average Bonchev–Trinajstić information content (AvgIpc) is 3.05. The van der Waals surface area contributed by atoms with Crippen molar-refractivity contribution in [2.24, 2.45) is 0 Å². The van der Waals surface area contributed by atoms with Crippen molar-refractivity contribution in [2.75, 3.05) is 13.7 Å². The number of esters is 1. The third-order valence-electron chi connectivity index (χ3n) is 5.03. The monoisotopic (exact) mass is 469 g/mol. The Morgan fingerprint density at radius 2 is 1.91 bits per heavy atom. The average molecular weight is 470 g/mol. The number of amides is 1. The van der Waals surface area contributed by atoms with Gasteiger partial charge in [0, 0.05) is 13.0 Å². The van der Waals surface area contributed by atoms with Gasteiger partial charge in [0.05, 0.1) is 12.0 Å². The predicted octanol–water partition coefficient (Wildman–Crippen LogP) is 5.51. The van der Waals surface area contributed by atoms with Gasteiger partial charge in [-0.2, -0.15) is 0 Å². The van der Waals surface area contributed by atoms with Crippen LogP contribution in [0.1, 0.15) is 42.4 Å². The Balaban J connectivity index is 1.51. The molecule has 1 aliphatic rings. The van der Waals surface area contributed by atoms with Gasteiger partial charge in [-0.1, -0.05) is 72.4 Å². The lowest BCUT2D eigenvalue weighted by molar-refractivity contribution is -0.140. The number of methoxy groups -OCH3 is 1. The maximum atomic E-state index is 12.7. The van der Waals surface area contributed by atoms with Crippen molar-refractivity contribution in [3.05, 3.63) is 70.1 Å². The Hall–Kier alpha value is -2.64. The van der Waals surface area contributed by atoms with Gasteiger partial charge in [-0.3, -0.25) is 14.5 Å². The Morgan fingerprint density at radius 3 is 2.62 bits per heavy atom. The highest BCUT2D eigenvalue weighted by Gasteiger charge is 2.31. The van der Waals surface area contributed by atoms with Gasteiger partial charge in [-0.05, 0) is 49.1 Å². The summed E-state index contributed by atoms with van der Waals surface area (Å²) in [5.74, 6) is 0.515. The number of carbonyl (C=O) groups is 2. The predicted molar refractivity (Wildman–Crippen MR) is 132 cm³/mol. The van der Waals surface area contributed by atoms with Crippen molar-refractivity contribution in [1.82, 2.24) is 4.90 Å². The molecule has 1 aliphatic heterocycles. The number of carbonyl (C=O) groups excluding carboxylic acids is 2. The number of ether oxygens (including phenoxy) is 2. The fourth-order valence-corrected chi connectivity index (χ4v) is 4.60. The molecule has 0 saturated carbocycles. The first-order chi connectivity index (χ1) is 15.5. The number of thioether (sulfide) groups is 1. The van der Waals surface area contributed by atoms with Gasteiger partial charge < -0.3 is 9.47 Å². The first-order valence-corrected chi connectivity index (χ1v) is 11.8. The fraction of sp³-hybridized carbons (Fsp3) is 0.320. The second kappa shape index (κ2) is 11.8. The summed E-state index contributed by atoms with van der Waals surface area (Å²) in [6.45, 7) is 3.14. The number of hydrogen-bond donors (Lipinski definition) is 0.